The van der Waals surface area contributed by atoms with Gasteiger partial charge in [0, 0.05) is 13.2 Å². The molecule has 0 aliphatic heterocycles. The van der Waals surface area contributed by atoms with Gasteiger partial charge < -0.3 is 9.84 Å². The summed E-state index contributed by atoms with van der Waals surface area (Å²) >= 11 is 0. The molecule has 0 aliphatic rings. The summed E-state index contributed by atoms with van der Waals surface area (Å²) in [6, 6.07) is 0. The second-order valence-corrected chi connectivity index (χ2v) is 4.61. The fourth-order valence-electron chi connectivity index (χ4n) is 1.67. The van der Waals surface area contributed by atoms with Crippen LogP contribution in [0.25, 0.3) is 0 Å². The largest absolute Gasteiger partial charge is 0.396 e. The molecule has 2 nitrogen and oxygen atoms in total. The van der Waals surface area contributed by atoms with Crippen LogP contribution in [0.4, 0.5) is 0 Å². The predicted molar refractivity (Wildman–Crippen MR) is 65.0 cm³/mol. The minimum atomic E-state index is 0.00596. The second kappa shape index (κ2) is 7.89. The van der Waals surface area contributed by atoms with E-state index in [1.807, 2.05) is 6.92 Å². The minimum absolute atomic E-state index is 0.00596. The van der Waals surface area contributed by atoms with E-state index in [1.54, 1.807) is 0 Å². The monoisotopic (exact) mass is 214 g/mol. The number of hydrogen-bond acceptors (Lipinski definition) is 2. The van der Waals surface area contributed by atoms with Gasteiger partial charge >= 0.3 is 0 Å². The number of hydrogen-bond donors (Lipinski definition) is 1. The van der Waals surface area contributed by atoms with Gasteiger partial charge in [-0.15, -0.1) is 0 Å². The third kappa shape index (κ3) is 8.64. The summed E-state index contributed by atoms with van der Waals surface area (Å²) < 4.78 is 5.63. The molecule has 0 spiro atoms. The Morgan fingerprint density at radius 3 is 2.60 bits per heavy atom. The van der Waals surface area contributed by atoms with E-state index in [1.165, 1.54) is 5.57 Å². The number of rotatable bonds is 8. The molecular formula is C13H26O2. The first kappa shape index (κ1) is 14.7. The first-order chi connectivity index (χ1) is 7.02. The van der Waals surface area contributed by atoms with Crippen molar-refractivity contribution >= 4 is 0 Å². The van der Waals surface area contributed by atoms with Crippen LogP contribution in [0.15, 0.2) is 11.6 Å². The van der Waals surface area contributed by atoms with E-state index in [0.29, 0.717) is 0 Å². The summed E-state index contributed by atoms with van der Waals surface area (Å²) in [4.78, 5) is 0. The molecule has 0 amide bonds. The van der Waals surface area contributed by atoms with Gasteiger partial charge in [0.1, 0.15) is 0 Å². The summed E-state index contributed by atoms with van der Waals surface area (Å²) in [5.41, 5.74) is 1.38. The van der Waals surface area contributed by atoms with Gasteiger partial charge in [0.25, 0.3) is 0 Å². The number of aliphatic hydroxyl groups excluding tert-OH is 1. The van der Waals surface area contributed by atoms with Crippen molar-refractivity contribution in [2.75, 3.05) is 13.2 Å². The first-order valence-electron chi connectivity index (χ1n) is 5.92. The molecule has 0 radical (unpaired) electrons. The molecular weight excluding hydrogens is 188 g/mol. The van der Waals surface area contributed by atoms with Gasteiger partial charge in [-0.1, -0.05) is 11.6 Å². The molecule has 0 rings (SSSR count). The average Bonchev–Trinajstić information content (AvgIpc) is 2.14. The van der Waals surface area contributed by atoms with Crippen molar-refractivity contribution in [2.24, 2.45) is 0 Å². The maximum atomic E-state index is 8.68. The van der Waals surface area contributed by atoms with Crippen LogP contribution in [-0.4, -0.2) is 23.9 Å². The lowest BCUT2D eigenvalue weighted by molar-refractivity contribution is -0.0173. The lowest BCUT2D eigenvalue weighted by Gasteiger charge is -2.24. The molecule has 0 aliphatic carbocycles. The fraction of sp³-hybridized carbons (Fsp3) is 0.846. The van der Waals surface area contributed by atoms with Gasteiger partial charge in [-0.05, 0) is 53.4 Å². The molecule has 0 fully saturated rings. The van der Waals surface area contributed by atoms with Gasteiger partial charge in [-0.3, -0.25) is 0 Å². The van der Waals surface area contributed by atoms with Crippen LogP contribution in [-0.2, 0) is 4.74 Å². The lowest BCUT2D eigenvalue weighted by Crippen LogP contribution is -2.24. The van der Waals surface area contributed by atoms with Crippen LogP contribution < -0.4 is 0 Å². The Labute approximate surface area is 94.3 Å². The third-order valence-electron chi connectivity index (χ3n) is 2.51. The van der Waals surface area contributed by atoms with Crippen molar-refractivity contribution in [3.05, 3.63) is 11.6 Å². The lowest BCUT2D eigenvalue weighted by atomic mass is 9.99. The highest BCUT2D eigenvalue weighted by molar-refractivity contribution is 4.97. The Morgan fingerprint density at radius 2 is 2.07 bits per heavy atom. The topological polar surface area (TPSA) is 29.5 Å². The molecule has 0 bridgehead atoms. The van der Waals surface area contributed by atoms with Gasteiger partial charge in [0.2, 0.25) is 0 Å². The predicted octanol–water partition coefficient (Wildman–Crippen LogP) is 3.30. The average molecular weight is 214 g/mol. The zero-order chi connectivity index (χ0) is 11.7. The molecule has 0 atom stereocenters. The Bertz CT molecular complexity index is 183. The third-order valence-corrected chi connectivity index (χ3v) is 2.51. The van der Waals surface area contributed by atoms with Crippen molar-refractivity contribution in [1.29, 1.82) is 0 Å². The summed E-state index contributed by atoms with van der Waals surface area (Å²) in [5.74, 6) is 0. The zero-order valence-corrected chi connectivity index (χ0v) is 10.7. The Morgan fingerprint density at radius 1 is 1.40 bits per heavy atom. The van der Waals surface area contributed by atoms with Gasteiger partial charge in [0.05, 0.1) is 5.60 Å². The molecule has 0 aromatic carbocycles. The van der Waals surface area contributed by atoms with Crippen molar-refractivity contribution in [3.8, 4) is 0 Å². The van der Waals surface area contributed by atoms with Gasteiger partial charge in [0.15, 0.2) is 0 Å². The molecule has 15 heavy (non-hydrogen) atoms. The quantitative estimate of drug-likeness (QED) is 0.628. The number of allylic oxidation sites excluding steroid dienone is 1. The summed E-state index contributed by atoms with van der Waals surface area (Å²) in [7, 11) is 0. The highest BCUT2D eigenvalue weighted by Gasteiger charge is 2.16. The molecule has 0 saturated heterocycles. The molecule has 0 unspecified atom stereocenters. The Hall–Kier alpha value is -0.340. The van der Waals surface area contributed by atoms with E-state index in [0.717, 1.165) is 32.3 Å². The second-order valence-electron chi connectivity index (χ2n) is 4.61. The van der Waals surface area contributed by atoms with E-state index >= 15 is 0 Å². The van der Waals surface area contributed by atoms with Gasteiger partial charge in [-0.2, -0.15) is 0 Å². The van der Waals surface area contributed by atoms with E-state index in [9.17, 15) is 0 Å². The Balaban J connectivity index is 3.68. The van der Waals surface area contributed by atoms with E-state index in [4.69, 9.17) is 9.84 Å². The highest BCUT2D eigenvalue weighted by atomic mass is 16.5. The van der Waals surface area contributed by atoms with Crippen molar-refractivity contribution in [3.63, 3.8) is 0 Å². The van der Waals surface area contributed by atoms with Crippen LogP contribution >= 0.6 is 0 Å². The summed E-state index contributed by atoms with van der Waals surface area (Å²) in [5, 5.41) is 8.68. The molecule has 0 heterocycles. The molecule has 90 valence electrons. The van der Waals surface area contributed by atoms with Crippen LogP contribution in [0, 0.1) is 0 Å². The fourth-order valence-corrected chi connectivity index (χ4v) is 1.67. The van der Waals surface area contributed by atoms with E-state index < -0.39 is 0 Å². The molecule has 0 saturated carbocycles. The molecule has 0 aromatic heterocycles. The normalized spacial score (nSPS) is 13.3. The Kier molecular flexibility index (Phi) is 7.71. The van der Waals surface area contributed by atoms with Crippen molar-refractivity contribution < 1.29 is 9.84 Å². The smallest absolute Gasteiger partial charge is 0.0626 e. The SMILES string of the molecule is CCOC(C)(C)CCCC(C)=CCCO. The molecule has 2 heteroatoms. The van der Waals surface area contributed by atoms with Crippen LogP contribution in [0.2, 0.25) is 0 Å². The van der Waals surface area contributed by atoms with Crippen LogP contribution in [0.5, 0.6) is 0 Å². The number of aliphatic hydroxyl groups is 1. The van der Waals surface area contributed by atoms with Crippen LogP contribution in [0.3, 0.4) is 0 Å². The zero-order valence-electron chi connectivity index (χ0n) is 10.7. The van der Waals surface area contributed by atoms with Crippen molar-refractivity contribution in [1.82, 2.24) is 0 Å². The standard InChI is InChI=1S/C13H26O2/c1-5-15-13(3,4)10-6-8-12(2)9-7-11-14/h9,14H,5-8,10-11H2,1-4H3. The van der Waals surface area contributed by atoms with Gasteiger partial charge in [-0.25, -0.2) is 0 Å². The van der Waals surface area contributed by atoms with Crippen molar-refractivity contribution in [2.45, 2.75) is 59.0 Å². The summed E-state index contributed by atoms with van der Waals surface area (Å²) in [6.45, 7) is 9.48. The highest BCUT2D eigenvalue weighted by Crippen LogP contribution is 2.19. The first-order valence-corrected chi connectivity index (χ1v) is 5.92. The minimum Gasteiger partial charge on any atom is -0.396 e. The molecule has 0 aromatic rings. The van der Waals surface area contributed by atoms with Crippen LogP contribution in [0.1, 0.15) is 53.4 Å². The number of ether oxygens (including phenoxy) is 1. The maximum Gasteiger partial charge on any atom is 0.0626 e. The molecule has 1 N–H and O–H groups in total. The van der Waals surface area contributed by atoms with E-state index in [2.05, 4.69) is 26.8 Å². The summed E-state index contributed by atoms with van der Waals surface area (Å²) in [6.07, 6.45) is 6.25. The van der Waals surface area contributed by atoms with E-state index in [-0.39, 0.29) is 12.2 Å². The maximum absolute atomic E-state index is 8.68.